The summed E-state index contributed by atoms with van der Waals surface area (Å²) in [5.41, 5.74) is 1.75. The summed E-state index contributed by atoms with van der Waals surface area (Å²) in [7, 11) is 0. The van der Waals surface area contributed by atoms with Crippen LogP contribution in [0.1, 0.15) is 11.1 Å². The molecule has 0 heterocycles. The third-order valence-electron chi connectivity index (χ3n) is 2.47. The van der Waals surface area contributed by atoms with E-state index in [1.54, 1.807) is 48.5 Å². The molecule has 0 aliphatic rings. The molecule has 3 nitrogen and oxygen atoms in total. The highest BCUT2D eigenvalue weighted by Crippen LogP contribution is 2.13. The predicted molar refractivity (Wildman–Crippen MR) is 80.6 cm³/mol. The van der Waals surface area contributed by atoms with Gasteiger partial charge in [-0.2, -0.15) is 4.21 Å². The van der Waals surface area contributed by atoms with E-state index in [9.17, 15) is 4.21 Å². The van der Waals surface area contributed by atoms with E-state index >= 15 is 0 Å². The van der Waals surface area contributed by atoms with Crippen LogP contribution in [0, 0.1) is 0 Å². The molecular weight excluding hydrogens is 319 g/mol. The third kappa shape index (κ3) is 5.23. The van der Waals surface area contributed by atoms with Crippen molar-refractivity contribution in [3.8, 4) is 0 Å². The Balaban J connectivity index is 1.75. The van der Waals surface area contributed by atoms with Crippen molar-refractivity contribution in [1.82, 2.24) is 0 Å². The summed E-state index contributed by atoms with van der Waals surface area (Å²) in [5, 5.41) is 1.29. The number of halogens is 2. The second-order valence-corrected chi connectivity index (χ2v) is 5.73. The SMILES string of the molecule is O=S(OCc1ccc(Cl)cc1)OCc1ccc(Cl)cc1. The number of hydrogen-bond donors (Lipinski definition) is 0. The molecule has 0 fully saturated rings. The third-order valence-corrected chi connectivity index (χ3v) is 3.59. The minimum Gasteiger partial charge on any atom is -0.264 e. The van der Waals surface area contributed by atoms with Crippen LogP contribution >= 0.6 is 23.2 Å². The maximum Gasteiger partial charge on any atom is 0.305 e. The fraction of sp³-hybridized carbons (Fsp3) is 0.143. The lowest BCUT2D eigenvalue weighted by atomic mass is 10.2. The molecule has 0 unspecified atom stereocenters. The van der Waals surface area contributed by atoms with E-state index in [0.29, 0.717) is 10.0 Å². The molecule has 0 aromatic heterocycles. The van der Waals surface area contributed by atoms with Crippen LogP contribution < -0.4 is 0 Å². The summed E-state index contributed by atoms with van der Waals surface area (Å²) >= 11 is 9.74. The number of hydrogen-bond acceptors (Lipinski definition) is 3. The van der Waals surface area contributed by atoms with Crippen LogP contribution in [0.15, 0.2) is 48.5 Å². The minimum absolute atomic E-state index is 0.199. The second kappa shape index (κ2) is 7.76. The minimum atomic E-state index is -1.80. The summed E-state index contributed by atoms with van der Waals surface area (Å²) in [4.78, 5) is 0. The van der Waals surface area contributed by atoms with Gasteiger partial charge in [-0.05, 0) is 35.4 Å². The Morgan fingerprint density at radius 3 is 1.45 bits per heavy atom. The van der Waals surface area contributed by atoms with Crippen molar-refractivity contribution in [2.24, 2.45) is 0 Å². The quantitative estimate of drug-likeness (QED) is 0.791. The first kappa shape index (κ1) is 15.5. The average Bonchev–Trinajstić information content (AvgIpc) is 2.46. The molecule has 0 aliphatic heterocycles. The molecule has 0 bridgehead atoms. The molecule has 2 rings (SSSR count). The van der Waals surface area contributed by atoms with E-state index in [-0.39, 0.29) is 13.2 Å². The summed E-state index contributed by atoms with van der Waals surface area (Å²) in [5.74, 6) is 0. The van der Waals surface area contributed by atoms with Crippen LogP contribution in [-0.2, 0) is 32.9 Å². The van der Waals surface area contributed by atoms with E-state index in [0.717, 1.165) is 11.1 Å². The molecule has 0 spiro atoms. The van der Waals surface area contributed by atoms with E-state index in [4.69, 9.17) is 31.6 Å². The monoisotopic (exact) mass is 330 g/mol. The molecule has 0 radical (unpaired) electrons. The molecular formula is C14H12Cl2O3S. The summed E-state index contributed by atoms with van der Waals surface area (Å²) in [6.07, 6.45) is 0. The summed E-state index contributed by atoms with van der Waals surface area (Å²) < 4.78 is 21.7. The molecule has 0 saturated carbocycles. The van der Waals surface area contributed by atoms with Crippen molar-refractivity contribution < 1.29 is 12.6 Å². The van der Waals surface area contributed by atoms with Gasteiger partial charge in [-0.25, -0.2) is 0 Å². The summed E-state index contributed by atoms with van der Waals surface area (Å²) in [6.45, 7) is 0.398. The Labute approximate surface area is 130 Å². The molecule has 0 aliphatic carbocycles. The molecule has 0 atom stereocenters. The van der Waals surface area contributed by atoms with Crippen LogP contribution in [0.25, 0.3) is 0 Å². The fourth-order valence-electron chi connectivity index (χ4n) is 1.43. The topological polar surface area (TPSA) is 35.5 Å². The fourth-order valence-corrected chi connectivity index (χ4v) is 2.21. The first-order chi connectivity index (χ1) is 9.63. The van der Waals surface area contributed by atoms with Crippen molar-refractivity contribution >= 4 is 34.6 Å². The highest BCUT2D eigenvalue weighted by Gasteiger charge is 2.03. The normalized spacial score (nSPS) is 10.9. The largest absolute Gasteiger partial charge is 0.305 e. The Hall–Kier alpha value is -0.910. The summed E-state index contributed by atoms with van der Waals surface area (Å²) in [6, 6.07) is 14.2. The van der Waals surface area contributed by atoms with Gasteiger partial charge in [0.25, 0.3) is 0 Å². The molecule has 6 heteroatoms. The van der Waals surface area contributed by atoms with E-state index < -0.39 is 11.4 Å². The van der Waals surface area contributed by atoms with E-state index in [2.05, 4.69) is 0 Å². The van der Waals surface area contributed by atoms with Crippen molar-refractivity contribution in [3.63, 3.8) is 0 Å². The zero-order valence-corrected chi connectivity index (χ0v) is 12.8. The highest BCUT2D eigenvalue weighted by atomic mass is 35.5. The Kier molecular flexibility index (Phi) is 6.01. The van der Waals surface area contributed by atoms with Gasteiger partial charge in [-0.1, -0.05) is 47.5 Å². The van der Waals surface area contributed by atoms with Crippen LogP contribution in [-0.4, -0.2) is 4.21 Å². The Morgan fingerprint density at radius 2 is 1.10 bits per heavy atom. The van der Waals surface area contributed by atoms with Gasteiger partial charge in [0.15, 0.2) is 0 Å². The van der Waals surface area contributed by atoms with Gasteiger partial charge in [-0.3, -0.25) is 8.37 Å². The lowest BCUT2D eigenvalue weighted by Crippen LogP contribution is -2.02. The smallest absolute Gasteiger partial charge is 0.264 e. The van der Waals surface area contributed by atoms with Crippen LogP contribution in [0.2, 0.25) is 10.0 Å². The van der Waals surface area contributed by atoms with Gasteiger partial charge < -0.3 is 0 Å². The van der Waals surface area contributed by atoms with Gasteiger partial charge in [-0.15, -0.1) is 0 Å². The maximum absolute atomic E-state index is 11.5. The van der Waals surface area contributed by atoms with Gasteiger partial charge in [0.1, 0.15) is 0 Å². The van der Waals surface area contributed by atoms with Gasteiger partial charge in [0.2, 0.25) is 0 Å². The first-order valence-electron chi connectivity index (χ1n) is 5.81. The van der Waals surface area contributed by atoms with Crippen LogP contribution in [0.5, 0.6) is 0 Å². The van der Waals surface area contributed by atoms with E-state index in [1.807, 2.05) is 0 Å². The number of benzene rings is 2. The van der Waals surface area contributed by atoms with Crippen LogP contribution in [0.3, 0.4) is 0 Å². The van der Waals surface area contributed by atoms with Crippen molar-refractivity contribution in [3.05, 3.63) is 69.7 Å². The lowest BCUT2D eigenvalue weighted by Gasteiger charge is -2.05. The lowest BCUT2D eigenvalue weighted by molar-refractivity contribution is 0.236. The highest BCUT2D eigenvalue weighted by molar-refractivity contribution is 7.75. The zero-order valence-electron chi connectivity index (χ0n) is 10.4. The van der Waals surface area contributed by atoms with Crippen molar-refractivity contribution in [2.75, 3.05) is 0 Å². The molecule has 2 aromatic carbocycles. The van der Waals surface area contributed by atoms with Crippen LogP contribution in [0.4, 0.5) is 0 Å². The maximum atomic E-state index is 11.5. The Bertz CT molecular complexity index is 518. The van der Waals surface area contributed by atoms with Crippen molar-refractivity contribution in [2.45, 2.75) is 13.2 Å². The van der Waals surface area contributed by atoms with Gasteiger partial charge in [0, 0.05) is 10.0 Å². The standard InChI is InChI=1S/C14H12Cl2O3S/c15-13-5-1-11(2-6-13)9-18-20(17)19-10-12-3-7-14(16)8-4-12/h1-8H,9-10H2. The molecule has 20 heavy (non-hydrogen) atoms. The molecule has 0 N–H and O–H groups in total. The zero-order chi connectivity index (χ0) is 14.4. The molecule has 0 amide bonds. The average molecular weight is 331 g/mol. The van der Waals surface area contributed by atoms with E-state index in [1.165, 1.54) is 0 Å². The first-order valence-corrected chi connectivity index (χ1v) is 7.56. The molecule has 106 valence electrons. The van der Waals surface area contributed by atoms with Gasteiger partial charge >= 0.3 is 11.4 Å². The predicted octanol–water partition coefficient (Wildman–Crippen LogP) is 4.31. The second-order valence-electron chi connectivity index (χ2n) is 3.98. The molecule has 0 saturated heterocycles. The van der Waals surface area contributed by atoms with Crippen molar-refractivity contribution in [1.29, 1.82) is 0 Å². The number of rotatable bonds is 6. The van der Waals surface area contributed by atoms with Gasteiger partial charge in [0.05, 0.1) is 13.2 Å². The Morgan fingerprint density at radius 1 is 0.750 bits per heavy atom. The molecule has 2 aromatic rings.